The summed E-state index contributed by atoms with van der Waals surface area (Å²) in [5, 5.41) is 12.7. The van der Waals surface area contributed by atoms with Crippen molar-refractivity contribution in [1.82, 2.24) is 5.32 Å². The summed E-state index contributed by atoms with van der Waals surface area (Å²) in [6.07, 6.45) is -0.491. The predicted octanol–water partition coefficient (Wildman–Crippen LogP) is 5.13. The lowest BCUT2D eigenvalue weighted by Gasteiger charge is -2.12. The Hall–Kier alpha value is -2.99. The van der Waals surface area contributed by atoms with Crippen LogP contribution in [0.25, 0.3) is 11.1 Å². The highest BCUT2D eigenvalue weighted by Crippen LogP contribution is 2.34. The number of phenols is 1. The van der Waals surface area contributed by atoms with E-state index in [2.05, 4.69) is 21.2 Å². The van der Waals surface area contributed by atoms with Gasteiger partial charge in [0.25, 0.3) is 0 Å². The summed E-state index contributed by atoms with van der Waals surface area (Å²) in [7, 11) is 0. The molecule has 0 fully saturated rings. The number of nitrogens with one attached hydrogen (secondary N) is 1. The molecule has 0 bridgehead atoms. The summed E-state index contributed by atoms with van der Waals surface area (Å²) in [6, 6.07) is 22.2. The molecule has 28 heavy (non-hydrogen) atoms. The normalized spacial score (nSPS) is 10.3. The first-order valence-electron chi connectivity index (χ1n) is 8.79. The molecule has 0 aliphatic rings. The van der Waals surface area contributed by atoms with Crippen LogP contribution < -0.4 is 10.1 Å². The van der Waals surface area contributed by atoms with Gasteiger partial charge in [0.2, 0.25) is 0 Å². The highest BCUT2D eigenvalue weighted by molar-refractivity contribution is 9.10. The van der Waals surface area contributed by atoms with E-state index in [4.69, 9.17) is 9.47 Å². The molecule has 0 saturated carbocycles. The SMILES string of the molecule is O=C(NCCOc1cc(-c2ccccc2O)ccc1Br)OCc1ccccc1. The van der Waals surface area contributed by atoms with Gasteiger partial charge in [-0.25, -0.2) is 4.79 Å². The molecule has 6 heteroatoms. The molecule has 144 valence electrons. The summed E-state index contributed by atoms with van der Waals surface area (Å²) < 4.78 is 11.7. The number of hydrogen-bond donors (Lipinski definition) is 2. The van der Waals surface area contributed by atoms with Crippen LogP contribution >= 0.6 is 15.9 Å². The number of ether oxygens (including phenoxy) is 2. The number of alkyl carbamates (subject to hydrolysis) is 1. The van der Waals surface area contributed by atoms with E-state index in [1.165, 1.54) is 0 Å². The maximum atomic E-state index is 11.7. The molecule has 3 aromatic carbocycles. The fraction of sp³-hybridized carbons (Fsp3) is 0.136. The molecule has 0 atom stereocenters. The Kier molecular flexibility index (Phi) is 6.92. The molecule has 5 nitrogen and oxygen atoms in total. The van der Waals surface area contributed by atoms with Gasteiger partial charge in [-0.05, 0) is 45.3 Å². The summed E-state index contributed by atoms with van der Waals surface area (Å²) in [5.74, 6) is 0.832. The van der Waals surface area contributed by atoms with E-state index in [1.807, 2.05) is 60.7 Å². The minimum Gasteiger partial charge on any atom is -0.507 e. The number of carbonyl (C=O) groups excluding carboxylic acids is 1. The van der Waals surface area contributed by atoms with Crippen LogP contribution in [0.4, 0.5) is 4.79 Å². The van der Waals surface area contributed by atoms with E-state index < -0.39 is 6.09 Å². The topological polar surface area (TPSA) is 67.8 Å². The van der Waals surface area contributed by atoms with Crippen LogP contribution in [0.1, 0.15) is 5.56 Å². The van der Waals surface area contributed by atoms with E-state index in [0.29, 0.717) is 12.3 Å². The lowest BCUT2D eigenvalue weighted by atomic mass is 10.0. The second-order valence-electron chi connectivity index (χ2n) is 6.00. The van der Waals surface area contributed by atoms with Crippen LogP contribution in [0.15, 0.2) is 77.3 Å². The van der Waals surface area contributed by atoms with Gasteiger partial charge >= 0.3 is 6.09 Å². The zero-order chi connectivity index (χ0) is 19.8. The van der Waals surface area contributed by atoms with Crippen molar-refractivity contribution in [3.63, 3.8) is 0 Å². The fourth-order valence-electron chi connectivity index (χ4n) is 2.59. The Morgan fingerprint density at radius 2 is 1.75 bits per heavy atom. The van der Waals surface area contributed by atoms with Crippen LogP contribution in [0.5, 0.6) is 11.5 Å². The van der Waals surface area contributed by atoms with Crippen LogP contribution in [-0.2, 0) is 11.3 Å². The molecular formula is C22H20BrNO4. The zero-order valence-corrected chi connectivity index (χ0v) is 16.7. The second-order valence-corrected chi connectivity index (χ2v) is 6.85. The van der Waals surface area contributed by atoms with Gasteiger partial charge in [0.1, 0.15) is 24.7 Å². The standard InChI is InChI=1S/C22H20BrNO4/c23-19-11-10-17(18-8-4-5-9-20(18)25)14-21(19)27-13-12-24-22(26)28-15-16-6-2-1-3-7-16/h1-11,14,25H,12-13,15H2,(H,24,26). The number of hydrogen-bond acceptors (Lipinski definition) is 4. The Bertz CT molecular complexity index is 931. The van der Waals surface area contributed by atoms with Crippen LogP contribution in [0.3, 0.4) is 0 Å². The lowest BCUT2D eigenvalue weighted by Crippen LogP contribution is -2.28. The maximum absolute atomic E-state index is 11.7. The van der Waals surface area contributed by atoms with Gasteiger partial charge in [0.15, 0.2) is 0 Å². The number of halogens is 1. The fourth-order valence-corrected chi connectivity index (χ4v) is 2.95. The molecule has 1 amide bonds. The van der Waals surface area contributed by atoms with Crippen LogP contribution in [0, 0.1) is 0 Å². The molecule has 3 aromatic rings. The van der Waals surface area contributed by atoms with Gasteiger partial charge in [-0.1, -0.05) is 54.6 Å². The molecule has 0 radical (unpaired) electrons. The number of rotatable bonds is 7. The van der Waals surface area contributed by atoms with E-state index >= 15 is 0 Å². The van der Waals surface area contributed by atoms with Crippen molar-refractivity contribution in [2.45, 2.75) is 6.61 Å². The van der Waals surface area contributed by atoms with E-state index in [1.54, 1.807) is 12.1 Å². The minimum absolute atomic E-state index is 0.207. The van der Waals surface area contributed by atoms with Crippen molar-refractivity contribution in [3.05, 3.63) is 82.8 Å². The second kappa shape index (κ2) is 9.80. The summed E-state index contributed by atoms with van der Waals surface area (Å²) in [4.78, 5) is 11.7. The number of para-hydroxylation sites is 1. The quantitative estimate of drug-likeness (QED) is 0.498. The van der Waals surface area contributed by atoms with Gasteiger partial charge < -0.3 is 19.9 Å². The van der Waals surface area contributed by atoms with Gasteiger partial charge in [-0.2, -0.15) is 0 Å². The van der Waals surface area contributed by atoms with Gasteiger partial charge in [0, 0.05) is 5.56 Å². The van der Waals surface area contributed by atoms with Crippen molar-refractivity contribution >= 4 is 22.0 Å². The first kappa shape index (κ1) is 19.8. The molecule has 0 aliphatic carbocycles. The summed E-state index contributed by atoms with van der Waals surface area (Å²) in [5.41, 5.74) is 2.49. The largest absolute Gasteiger partial charge is 0.507 e. The molecule has 0 unspecified atom stereocenters. The zero-order valence-electron chi connectivity index (χ0n) is 15.1. The molecule has 0 saturated heterocycles. The number of benzene rings is 3. The molecule has 0 spiro atoms. The maximum Gasteiger partial charge on any atom is 0.407 e. The molecular weight excluding hydrogens is 422 g/mol. The number of amides is 1. The minimum atomic E-state index is -0.491. The van der Waals surface area contributed by atoms with Gasteiger partial charge in [-0.15, -0.1) is 0 Å². The Morgan fingerprint density at radius 3 is 2.54 bits per heavy atom. The lowest BCUT2D eigenvalue weighted by molar-refractivity contribution is 0.137. The summed E-state index contributed by atoms with van der Waals surface area (Å²) >= 11 is 3.45. The number of aromatic hydroxyl groups is 1. The van der Waals surface area contributed by atoms with Crippen LogP contribution in [0.2, 0.25) is 0 Å². The predicted molar refractivity (Wildman–Crippen MR) is 111 cm³/mol. The molecule has 0 aromatic heterocycles. The Labute approximate surface area is 172 Å². The van der Waals surface area contributed by atoms with E-state index in [0.717, 1.165) is 21.2 Å². The van der Waals surface area contributed by atoms with E-state index in [9.17, 15) is 9.90 Å². The number of phenolic OH excluding ortho intramolecular Hbond substituents is 1. The first-order valence-corrected chi connectivity index (χ1v) is 9.58. The summed E-state index contributed by atoms with van der Waals surface area (Å²) in [6.45, 7) is 0.811. The van der Waals surface area contributed by atoms with Crippen molar-refractivity contribution in [2.24, 2.45) is 0 Å². The number of carbonyl (C=O) groups is 1. The van der Waals surface area contributed by atoms with Gasteiger partial charge in [-0.3, -0.25) is 0 Å². The van der Waals surface area contributed by atoms with Crippen molar-refractivity contribution in [2.75, 3.05) is 13.2 Å². The van der Waals surface area contributed by atoms with Crippen LogP contribution in [-0.4, -0.2) is 24.4 Å². The average Bonchev–Trinajstić information content (AvgIpc) is 2.72. The first-order chi connectivity index (χ1) is 13.6. The smallest absolute Gasteiger partial charge is 0.407 e. The van der Waals surface area contributed by atoms with Gasteiger partial charge in [0.05, 0.1) is 11.0 Å². The molecule has 2 N–H and O–H groups in total. The Balaban J connectivity index is 1.49. The monoisotopic (exact) mass is 441 g/mol. The third-order valence-corrected chi connectivity index (χ3v) is 4.64. The molecule has 0 heterocycles. The van der Waals surface area contributed by atoms with Crippen molar-refractivity contribution in [1.29, 1.82) is 0 Å². The Morgan fingerprint density at radius 1 is 1.00 bits per heavy atom. The highest BCUT2D eigenvalue weighted by atomic mass is 79.9. The van der Waals surface area contributed by atoms with Crippen molar-refractivity contribution < 1.29 is 19.4 Å². The van der Waals surface area contributed by atoms with E-state index in [-0.39, 0.29) is 19.0 Å². The van der Waals surface area contributed by atoms with Crippen molar-refractivity contribution in [3.8, 4) is 22.6 Å². The molecule has 0 aliphatic heterocycles. The molecule has 3 rings (SSSR count). The third-order valence-electron chi connectivity index (χ3n) is 3.99. The highest BCUT2D eigenvalue weighted by Gasteiger charge is 2.08. The third kappa shape index (κ3) is 5.50. The average molecular weight is 442 g/mol.